The zero-order valence-electron chi connectivity index (χ0n) is 13.8. The Morgan fingerprint density at radius 3 is 2.65 bits per heavy atom. The van der Waals surface area contributed by atoms with Crippen molar-refractivity contribution in [3.63, 3.8) is 0 Å². The van der Waals surface area contributed by atoms with Crippen molar-refractivity contribution >= 4 is 28.9 Å². The Morgan fingerprint density at radius 2 is 1.92 bits per heavy atom. The number of hydrazone groups is 1. The van der Waals surface area contributed by atoms with Gasteiger partial charge in [-0.25, -0.2) is 5.01 Å². The Balaban J connectivity index is 1.74. The SMILES string of the molecule is O=C(Nc1cccc([N+](=O)[O-])c1)C1=NN(Cc2ccccc2)C(=O)CC1. The number of benzene rings is 2. The van der Waals surface area contributed by atoms with Crippen molar-refractivity contribution in [2.45, 2.75) is 19.4 Å². The largest absolute Gasteiger partial charge is 0.321 e. The number of nitrogens with one attached hydrogen (secondary N) is 1. The summed E-state index contributed by atoms with van der Waals surface area (Å²) in [5.74, 6) is -0.628. The molecule has 2 aromatic rings. The van der Waals surface area contributed by atoms with E-state index in [9.17, 15) is 19.7 Å². The van der Waals surface area contributed by atoms with Gasteiger partial charge in [0.15, 0.2) is 0 Å². The normalized spacial score (nSPS) is 13.9. The van der Waals surface area contributed by atoms with Crippen LogP contribution in [0.1, 0.15) is 18.4 Å². The minimum Gasteiger partial charge on any atom is -0.321 e. The predicted octanol–water partition coefficient (Wildman–Crippen LogP) is 2.71. The molecule has 0 unspecified atom stereocenters. The molecule has 0 bridgehead atoms. The van der Waals surface area contributed by atoms with Crippen LogP contribution in [0.2, 0.25) is 0 Å². The first kappa shape index (κ1) is 17.3. The van der Waals surface area contributed by atoms with E-state index in [0.717, 1.165) is 5.56 Å². The molecule has 1 aliphatic heterocycles. The summed E-state index contributed by atoms with van der Waals surface area (Å²) in [6.45, 7) is 0.285. The van der Waals surface area contributed by atoms with Gasteiger partial charge in [0.2, 0.25) is 5.91 Å². The Bertz CT molecular complexity index is 880. The maximum Gasteiger partial charge on any atom is 0.271 e. The molecule has 1 aliphatic rings. The molecule has 0 saturated carbocycles. The number of anilines is 1. The van der Waals surface area contributed by atoms with Gasteiger partial charge in [-0.1, -0.05) is 36.4 Å². The van der Waals surface area contributed by atoms with E-state index in [1.807, 2.05) is 30.3 Å². The first-order chi connectivity index (χ1) is 12.5. The second-order valence-electron chi connectivity index (χ2n) is 5.75. The van der Waals surface area contributed by atoms with Crippen LogP contribution in [-0.2, 0) is 16.1 Å². The highest BCUT2D eigenvalue weighted by atomic mass is 16.6. The smallest absolute Gasteiger partial charge is 0.271 e. The molecule has 8 nitrogen and oxygen atoms in total. The van der Waals surface area contributed by atoms with Gasteiger partial charge in [0, 0.05) is 30.7 Å². The van der Waals surface area contributed by atoms with Crippen molar-refractivity contribution in [3.05, 3.63) is 70.3 Å². The molecule has 0 spiro atoms. The van der Waals surface area contributed by atoms with Crippen LogP contribution in [0.5, 0.6) is 0 Å². The summed E-state index contributed by atoms with van der Waals surface area (Å²) in [6, 6.07) is 15.0. The van der Waals surface area contributed by atoms with Gasteiger partial charge < -0.3 is 5.32 Å². The van der Waals surface area contributed by atoms with Crippen molar-refractivity contribution in [1.82, 2.24) is 5.01 Å². The third kappa shape index (κ3) is 4.10. The number of hydrogen-bond donors (Lipinski definition) is 1. The van der Waals surface area contributed by atoms with E-state index < -0.39 is 10.8 Å². The minimum atomic E-state index is -0.534. The maximum absolute atomic E-state index is 12.4. The molecule has 0 aliphatic carbocycles. The molecule has 0 radical (unpaired) electrons. The zero-order chi connectivity index (χ0) is 18.5. The van der Waals surface area contributed by atoms with Crippen molar-refractivity contribution in [2.24, 2.45) is 5.10 Å². The van der Waals surface area contributed by atoms with Crippen molar-refractivity contribution in [3.8, 4) is 0 Å². The summed E-state index contributed by atoms with van der Waals surface area (Å²) in [5, 5.41) is 18.9. The quantitative estimate of drug-likeness (QED) is 0.660. The fourth-order valence-corrected chi connectivity index (χ4v) is 2.55. The lowest BCUT2D eigenvalue weighted by Gasteiger charge is -2.23. The van der Waals surface area contributed by atoms with Crippen LogP contribution in [0.15, 0.2) is 59.7 Å². The van der Waals surface area contributed by atoms with E-state index in [0.29, 0.717) is 5.69 Å². The van der Waals surface area contributed by atoms with E-state index in [1.54, 1.807) is 6.07 Å². The highest BCUT2D eigenvalue weighted by Gasteiger charge is 2.24. The van der Waals surface area contributed by atoms with Crippen LogP contribution in [0, 0.1) is 10.1 Å². The number of nitrogens with zero attached hydrogens (tertiary/aromatic N) is 3. The number of carbonyl (C=O) groups excluding carboxylic acids is 2. The number of nitro groups is 1. The van der Waals surface area contributed by atoms with E-state index >= 15 is 0 Å². The van der Waals surface area contributed by atoms with Gasteiger partial charge in [-0.2, -0.15) is 5.10 Å². The molecule has 8 heteroatoms. The molecule has 0 atom stereocenters. The fraction of sp³-hybridized carbons (Fsp3) is 0.167. The van der Waals surface area contributed by atoms with Gasteiger partial charge in [0.05, 0.1) is 11.5 Å². The number of rotatable bonds is 5. The second-order valence-corrected chi connectivity index (χ2v) is 5.75. The molecule has 1 heterocycles. The zero-order valence-corrected chi connectivity index (χ0v) is 13.8. The standard InChI is InChI=1S/C18H16N4O4/c23-17-10-9-16(20-21(17)12-13-5-2-1-3-6-13)18(24)19-14-7-4-8-15(11-14)22(25)26/h1-8,11H,9-10,12H2,(H,19,24). The molecule has 26 heavy (non-hydrogen) atoms. The highest BCUT2D eigenvalue weighted by Crippen LogP contribution is 2.18. The Kier molecular flexibility index (Phi) is 5.02. The monoisotopic (exact) mass is 352 g/mol. The molecule has 3 rings (SSSR count). The first-order valence-corrected chi connectivity index (χ1v) is 8.00. The lowest BCUT2D eigenvalue weighted by molar-refractivity contribution is -0.384. The summed E-state index contributed by atoms with van der Waals surface area (Å²) in [7, 11) is 0. The van der Waals surface area contributed by atoms with Gasteiger partial charge in [-0.15, -0.1) is 0 Å². The Labute approximate surface area is 149 Å². The number of amides is 2. The minimum absolute atomic E-state index is 0.116. The van der Waals surface area contributed by atoms with Crippen LogP contribution in [-0.4, -0.2) is 27.5 Å². The first-order valence-electron chi connectivity index (χ1n) is 8.00. The van der Waals surface area contributed by atoms with E-state index in [2.05, 4.69) is 10.4 Å². The number of carbonyl (C=O) groups is 2. The van der Waals surface area contributed by atoms with Gasteiger partial charge in [-0.05, 0) is 11.6 Å². The van der Waals surface area contributed by atoms with Gasteiger partial charge in [0.25, 0.3) is 11.6 Å². The summed E-state index contributed by atoms with van der Waals surface area (Å²) >= 11 is 0. The highest BCUT2D eigenvalue weighted by molar-refractivity contribution is 6.43. The summed E-state index contributed by atoms with van der Waals surface area (Å²) in [6.07, 6.45) is 0.416. The third-order valence-electron chi connectivity index (χ3n) is 3.86. The number of non-ortho nitro benzene ring substituents is 1. The average molecular weight is 352 g/mol. The lowest BCUT2D eigenvalue weighted by atomic mass is 10.1. The topological polar surface area (TPSA) is 105 Å². The Hall–Kier alpha value is -3.55. The molecule has 2 amide bonds. The molecule has 2 aromatic carbocycles. The molecule has 132 valence electrons. The second kappa shape index (κ2) is 7.56. The maximum atomic E-state index is 12.4. The van der Waals surface area contributed by atoms with Crippen LogP contribution in [0.25, 0.3) is 0 Å². The summed E-state index contributed by atoms with van der Waals surface area (Å²) < 4.78 is 0. The third-order valence-corrected chi connectivity index (χ3v) is 3.86. The van der Waals surface area contributed by atoms with Crippen LogP contribution < -0.4 is 5.32 Å². The summed E-state index contributed by atoms with van der Waals surface area (Å²) in [5.41, 5.74) is 1.31. The van der Waals surface area contributed by atoms with Crippen LogP contribution in [0.4, 0.5) is 11.4 Å². The van der Waals surface area contributed by atoms with E-state index in [-0.39, 0.29) is 36.7 Å². The molecule has 1 N–H and O–H groups in total. The lowest BCUT2D eigenvalue weighted by Crippen LogP contribution is -2.36. The molecule has 0 aromatic heterocycles. The number of hydrogen-bond acceptors (Lipinski definition) is 5. The molecular weight excluding hydrogens is 336 g/mol. The van der Waals surface area contributed by atoms with Crippen LogP contribution in [0.3, 0.4) is 0 Å². The van der Waals surface area contributed by atoms with E-state index in [4.69, 9.17) is 0 Å². The van der Waals surface area contributed by atoms with Crippen molar-refractivity contribution in [1.29, 1.82) is 0 Å². The van der Waals surface area contributed by atoms with Crippen molar-refractivity contribution in [2.75, 3.05) is 5.32 Å². The van der Waals surface area contributed by atoms with Crippen molar-refractivity contribution < 1.29 is 14.5 Å². The van der Waals surface area contributed by atoms with Gasteiger partial charge in [-0.3, -0.25) is 19.7 Å². The van der Waals surface area contributed by atoms with Gasteiger partial charge in [0.1, 0.15) is 5.71 Å². The van der Waals surface area contributed by atoms with Crippen LogP contribution >= 0.6 is 0 Å². The molecule has 0 fully saturated rings. The average Bonchev–Trinajstić information content (AvgIpc) is 2.64. The van der Waals surface area contributed by atoms with Gasteiger partial charge >= 0.3 is 0 Å². The van der Waals surface area contributed by atoms with E-state index in [1.165, 1.54) is 23.2 Å². The molecular formula is C18H16N4O4. The predicted molar refractivity (Wildman–Crippen MR) is 95.4 cm³/mol. The summed E-state index contributed by atoms with van der Waals surface area (Å²) in [4.78, 5) is 34.7. The molecule has 0 saturated heterocycles. The Morgan fingerprint density at radius 1 is 1.15 bits per heavy atom. The number of nitro benzene ring substituents is 1. The fourth-order valence-electron chi connectivity index (χ4n) is 2.55.